The van der Waals surface area contributed by atoms with E-state index in [2.05, 4.69) is 10.4 Å². The van der Waals surface area contributed by atoms with Crippen LogP contribution in [0.25, 0.3) is 0 Å². The van der Waals surface area contributed by atoms with Crippen molar-refractivity contribution in [2.75, 3.05) is 17.7 Å². The summed E-state index contributed by atoms with van der Waals surface area (Å²) in [6, 6.07) is 5.55. The van der Waals surface area contributed by atoms with Crippen molar-refractivity contribution in [3.05, 3.63) is 36.2 Å². The lowest BCUT2D eigenvalue weighted by molar-refractivity contribution is -0.116. The molecule has 2 rings (SSSR count). The van der Waals surface area contributed by atoms with Crippen LogP contribution in [0.4, 0.5) is 11.4 Å². The molecule has 0 spiro atoms. The van der Waals surface area contributed by atoms with Crippen LogP contribution < -0.4 is 15.8 Å². The minimum Gasteiger partial charge on any atom is -0.494 e. The number of aromatic nitrogens is 2. The molecule has 3 N–H and O–H groups in total. The molecule has 0 bridgehead atoms. The van der Waals surface area contributed by atoms with Gasteiger partial charge in [-0.3, -0.25) is 9.48 Å². The van der Waals surface area contributed by atoms with Crippen molar-refractivity contribution in [2.45, 2.75) is 20.4 Å². The Kier molecular flexibility index (Phi) is 4.24. The molecule has 0 aliphatic heterocycles. The van der Waals surface area contributed by atoms with Crippen LogP contribution in [0.15, 0.2) is 30.6 Å². The largest absolute Gasteiger partial charge is 0.494 e. The summed E-state index contributed by atoms with van der Waals surface area (Å²) in [6.45, 7) is 4.60. The van der Waals surface area contributed by atoms with Gasteiger partial charge in [-0.25, -0.2) is 0 Å². The molecule has 1 aromatic carbocycles. The third-order valence-corrected chi connectivity index (χ3v) is 2.74. The molecule has 0 fully saturated rings. The fraction of sp³-hybridized carbons (Fsp3) is 0.286. The van der Waals surface area contributed by atoms with Crippen molar-refractivity contribution < 1.29 is 9.53 Å². The second-order valence-corrected chi connectivity index (χ2v) is 4.43. The minimum atomic E-state index is -0.152. The highest BCUT2D eigenvalue weighted by atomic mass is 16.5. The van der Waals surface area contributed by atoms with Gasteiger partial charge in [0.15, 0.2) is 0 Å². The number of hydrogen-bond donors (Lipinski definition) is 2. The van der Waals surface area contributed by atoms with E-state index in [-0.39, 0.29) is 12.5 Å². The van der Waals surface area contributed by atoms with Crippen molar-refractivity contribution in [3.8, 4) is 5.75 Å². The topological polar surface area (TPSA) is 82.2 Å². The van der Waals surface area contributed by atoms with Crippen LogP contribution in [0, 0.1) is 6.92 Å². The van der Waals surface area contributed by atoms with Crippen LogP contribution in [0.5, 0.6) is 5.75 Å². The number of nitrogens with zero attached hydrogens (tertiary/aromatic N) is 2. The molecule has 0 saturated heterocycles. The predicted octanol–water partition coefficient (Wildman–Crippen LogP) is 1.81. The van der Waals surface area contributed by atoms with Gasteiger partial charge in [0, 0.05) is 11.9 Å². The maximum absolute atomic E-state index is 11.9. The maximum Gasteiger partial charge on any atom is 0.246 e. The fourth-order valence-corrected chi connectivity index (χ4v) is 1.84. The first kappa shape index (κ1) is 13.9. The number of benzene rings is 1. The van der Waals surface area contributed by atoms with Crippen molar-refractivity contribution in [3.63, 3.8) is 0 Å². The lowest BCUT2D eigenvalue weighted by Crippen LogP contribution is -2.19. The number of amides is 1. The number of ether oxygens (including phenoxy) is 1. The standard InChI is InChI=1S/C14H18N4O2/c1-3-20-12-4-5-13(10(2)6-12)17-14(19)9-18-8-11(15)7-16-18/h4-8H,3,9,15H2,1-2H3,(H,17,19). The Labute approximate surface area is 117 Å². The number of carbonyl (C=O) groups excluding carboxylic acids is 1. The normalized spacial score (nSPS) is 10.3. The maximum atomic E-state index is 11.9. The number of anilines is 2. The highest BCUT2D eigenvalue weighted by molar-refractivity contribution is 5.91. The molecule has 0 radical (unpaired) electrons. The van der Waals surface area contributed by atoms with Gasteiger partial charge in [0.1, 0.15) is 12.3 Å². The summed E-state index contributed by atoms with van der Waals surface area (Å²) in [5.41, 5.74) is 7.80. The molecule has 0 atom stereocenters. The fourth-order valence-electron chi connectivity index (χ4n) is 1.84. The Morgan fingerprint density at radius 2 is 2.30 bits per heavy atom. The van der Waals surface area contributed by atoms with E-state index in [1.54, 1.807) is 6.20 Å². The third-order valence-electron chi connectivity index (χ3n) is 2.74. The molecule has 1 heterocycles. The molecular formula is C14H18N4O2. The van der Waals surface area contributed by atoms with Crippen molar-refractivity contribution >= 4 is 17.3 Å². The van der Waals surface area contributed by atoms with E-state index >= 15 is 0 Å². The number of nitrogens with two attached hydrogens (primary N) is 1. The number of carbonyl (C=O) groups is 1. The second-order valence-electron chi connectivity index (χ2n) is 4.43. The van der Waals surface area contributed by atoms with Crippen LogP contribution in [-0.2, 0) is 11.3 Å². The van der Waals surface area contributed by atoms with Gasteiger partial charge in [-0.1, -0.05) is 0 Å². The zero-order valence-electron chi connectivity index (χ0n) is 11.6. The molecular weight excluding hydrogens is 256 g/mol. The summed E-state index contributed by atoms with van der Waals surface area (Å²) in [4.78, 5) is 11.9. The summed E-state index contributed by atoms with van der Waals surface area (Å²) < 4.78 is 6.90. The second kappa shape index (κ2) is 6.10. The average molecular weight is 274 g/mol. The highest BCUT2D eigenvalue weighted by Crippen LogP contribution is 2.21. The van der Waals surface area contributed by atoms with E-state index in [1.807, 2.05) is 32.0 Å². The lowest BCUT2D eigenvalue weighted by atomic mass is 10.2. The smallest absolute Gasteiger partial charge is 0.246 e. The Hall–Kier alpha value is -2.50. The van der Waals surface area contributed by atoms with Gasteiger partial charge >= 0.3 is 0 Å². The Balaban J connectivity index is 2.00. The molecule has 0 saturated carbocycles. The van der Waals surface area contributed by atoms with E-state index in [0.29, 0.717) is 12.3 Å². The summed E-state index contributed by atoms with van der Waals surface area (Å²) >= 11 is 0. The van der Waals surface area contributed by atoms with Gasteiger partial charge in [-0.05, 0) is 37.6 Å². The first-order valence-electron chi connectivity index (χ1n) is 6.39. The van der Waals surface area contributed by atoms with Gasteiger partial charge in [0.05, 0.1) is 18.5 Å². The molecule has 2 aromatic rings. The summed E-state index contributed by atoms with van der Waals surface area (Å²) in [5, 5.41) is 6.81. The SMILES string of the molecule is CCOc1ccc(NC(=O)Cn2cc(N)cn2)c(C)c1. The molecule has 20 heavy (non-hydrogen) atoms. The van der Waals surface area contributed by atoms with E-state index in [1.165, 1.54) is 10.9 Å². The predicted molar refractivity (Wildman–Crippen MR) is 77.6 cm³/mol. The molecule has 6 nitrogen and oxygen atoms in total. The number of rotatable bonds is 5. The first-order chi connectivity index (χ1) is 9.58. The van der Waals surface area contributed by atoms with Crippen molar-refractivity contribution in [1.29, 1.82) is 0 Å². The highest BCUT2D eigenvalue weighted by Gasteiger charge is 2.07. The van der Waals surface area contributed by atoms with E-state index in [4.69, 9.17) is 10.5 Å². The number of nitrogens with one attached hydrogen (secondary N) is 1. The van der Waals surface area contributed by atoms with E-state index in [0.717, 1.165) is 17.0 Å². The summed E-state index contributed by atoms with van der Waals surface area (Å²) in [6.07, 6.45) is 3.13. The Bertz CT molecular complexity index is 607. The van der Waals surface area contributed by atoms with Crippen LogP contribution in [0.1, 0.15) is 12.5 Å². The van der Waals surface area contributed by atoms with Gasteiger partial charge < -0.3 is 15.8 Å². The molecule has 0 unspecified atom stereocenters. The summed E-state index contributed by atoms with van der Waals surface area (Å²) in [5.74, 6) is 0.642. The molecule has 6 heteroatoms. The molecule has 1 amide bonds. The zero-order chi connectivity index (χ0) is 14.5. The lowest BCUT2D eigenvalue weighted by Gasteiger charge is -2.10. The zero-order valence-corrected chi connectivity index (χ0v) is 11.6. The minimum absolute atomic E-state index is 0.129. The monoisotopic (exact) mass is 274 g/mol. The quantitative estimate of drug-likeness (QED) is 0.871. The molecule has 0 aliphatic carbocycles. The molecule has 106 valence electrons. The Morgan fingerprint density at radius 1 is 1.50 bits per heavy atom. The van der Waals surface area contributed by atoms with Crippen LogP contribution in [0.2, 0.25) is 0 Å². The van der Waals surface area contributed by atoms with E-state index in [9.17, 15) is 4.79 Å². The van der Waals surface area contributed by atoms with Crippen LogP contribution in [-0.4, -0.2) is 22.3 Å². The number of aryl methyl sites for hydroxylation is 1. The van der Waals surface area contributed by atoms with Gasteiger partial charge in [-0.15, -0.1) is 0 Å². The molecule has 1 aromatic heterocycles. The Morgan fingerprint density at radius 3 is 2.90 bits per heavy atom. The van der Waals surface area contributed by atoms with E-state index < -0.39 is 0 Å². The van der Waals surface area contributed by atoms with Crippen LogP contribution in [0.3, 0.4) is 0 Å². The van der Waals surface area contributed by atoms with Gasteiger partial charge in [0.2, 0.25) is 5.91 Å². The number of nitrogen functional groups attached to an aromatic ring is 1. The summed E-state index contributed by atoms with van der Waals surface area (Å²) in [7, 11) is 0. The first-order valence-corrected chi connectivity index (χ1v) is 6.39. The van der Waals surface area contributed by atoms with Crippen molar-refractivity contribution in [1.82, 2.24) is 9.78 Å². The van der Waals surface area contributed by atoms with Gasteiger partial charge in [0.25, 0.3) is 0 Å². The average Bonchev–Trinajstić information content (AvgIpc) is 2.78. The number of hydrogen-bond acceptors (Lipinski definition) is 4. The van der Waals surface area contributed by atoms with Gasteiger partial charge in [-0.2, -0.15) is 5.10 Å². The van der Waals surface area contributed by atoms with Crippen LogP contribution >= 0.6 is 0 Å². The van der Waals surface area contributed by atoms with Crippen molar-refractivity contribution in [2.24, 2.45) is 0 Å². The third kappa shape index (κ3) is 3.50. The molecule has 0 aliphatic rings.